The Balaban J connectivity index is 1.11. The van der Waals surface area contributed by atoms with Crippen LogP contribution in [0.5, 0.6) is 5.75 Å². The van der Waals surface area contributed by atoms with Gasteiger partial charge in [0.25, 0.3) is 0 Å². The van der Waals surface area contributed by atoms with E-state index in [9.17, 15) is 53.7 Å². The molecule has 1 aromatic heterocycles. The van der Waals surface area contributed by atoms with Crippen molar-refractivity contribution < 1.29 is 92.0 Å². The van der Waals surface area contributed by atoms with Crippen molar-refractivity contribution >= 4 is 117 Å². The molecule has 0 aliphatic carbocycles. The lowest BCUT2D eigenvalue weighted by molar-refractivity contribution is -0.152. The molecule has 6 aromatic rings. The molecule has 13 atom stereocenters. The van der Waals surface area contributed by atoms with Crippen LogP contribution in [0.1, 0.15) is 114 Å². The van der Waals surface area contributed by atoms with Crippen molar-refractivity contribution in [1.29, 1.82) is 0 Å². The summed E-state index contributed by atoms with van der Waals surface area (Å²) < 4.78 is 0. The number of carbonyl (C=O) groups is 16. The number of unbranched alkanes of at least 4 members (excludes halogenated alkanes) is 1. The summed E-state index contributed by atoms with van der Waals surface area (Å²) in [6.45, 7) is 6.57. The Kier molecular flexibility index (Phi) is 35.9. The minimum atomic E-state index is -1.90. The number of aromatic nitrogens is 1. The lowest BCUT2D eigenvalue weighted by Gasteiger charge is -2.37. The molecule has 682 valence electrons. The van der Waals surface area contributed by atoms with E-state index in [0.717, 1.165) is 26.5 Å². The maximum Gasteiger partial charge on any atom is 0.305 e. The molecule has 5 aromatic carbocycles. The van der Waals surface area contributed by atoms with E-state index in [0.29, 0.717) is 51.6 Å². The molecule has 0 radical (unpaired) electrons. The highest BCUT2D eigenvalue weighted by molar-refractivity contribution is 8.00. The van der Waals surface area contributed by atoms with Crippen LogP contribution in [0.4, 0.5) is 0 Å². The van der Waals surface area contributed by atoms with Gasteiger partial charge in [-0.1, -0.05) is 169 Å². The second-order valence-electron chi connectivity index (χ2n) is 33.5. The number of para-hydroxylation sites is 1. The first kappa shape index (κ1) is 98.1. The number of aliphatic hydroxyl groups excluding tert-OH is 1. The van der Waals surface area contributed by atoms with Crippen LogP contribution < -0.4 is 48.3 Å². The minimum Gasteiger partial charge on any atom is -0.508 e. The molecule has 3 aliphatic heterocycles. The monoisotopic (exact) mass is 1770 g/mol. The third-order valence-electron chi connectivity index (χ3n) is 23.0. The highest BCUT2D eigenvalue weighted by Gasteiger charge is 2.49. The molecule has 14 N–H and O–H groups in total. The van der Waals surface area contributed by atoms with E-state index >= 15 is 38.4 Å². The molecule has 3 aliphatic rings. The van der Waals surface area contributed by atoms with Gasteiger partial charge in [0.05, 0.1) is 31.4 Å². The maximum absolute atomic E-state index is 15.7. The number of benzene rings is 5. The van der Waals surface area contributed by atoms with Gasteiger partial charge in [0.15, 0.2) is 0 Å². The number of aliphatic carboxylic acids is 1. The second-order valence-corrected chi connectivity index (χ2v) is 34.5. The van der Waals surface area contributed by atoms with E-state index < -0.39 is 211 Å². The molecular weight excluding hydrogens is 1650 g/mol. The van der Waals surface area contributed by atoms with Crippen LogP contribution >= 0.6 is 11.8 Å². The summed E-state index contributed by atoms with van der Waals surface area (Å²) in [4.78, 5) is 246. The number of nitrogens with two attached hydrogens (primary N) is 1. The Morgan fingerprint density at radius 3 is 1.66 bits per heavy atom. The zero-order valence-corrected chi connectivity index (χ0v) is 73.8. The van der Waals surface area contributed by atoms with Gasteiger partial charge in [-0.2, -0.15) is 0 Å². The van der Waals surface area contributed by atoms with Gasteiger partial charge in [-0.05, 0) is 83.5 Å². The number of rotatable bonds is 21. The predicted octanol–water partition coefficient (Wildman–Crippen LogP) is 1.39. The van der Waals surface area contributed by atoms with Crippen molar-refractivity contribution in [2.45, 2.75) is 197 Å². The van der Waals surface area contributed by atoms with E-state index in [1.165, 1.54) is 67.2 Å². The maximum atomic E-state index is 15.7. The van der Waals surface area contributed by atoms with Crippen molar-refractivity contribution in [2.24, 2.45) is 17.6 Å². The molecule has 4 heterocycles. The van der Waals surface area contributed by atoms with Gasteiger partial charge in [0, 0.05) is 103 Å². The van der Waals surface area contributed by atoms with Crippen molar-refractivity contribution in [3.8, 4) is 5.75 Å². The Hall–Kier alpha value is -12.7. The van der Waals surface area contributed by atoms with Crippen LogP contribution in [-0.4, -0.2) is 289 Å². The van der Waals surface area contributed by atoms with E-state index in [4.69, 9.17) is 5.73 Å². The second kappa shape index (κ2) is 46.5. The highest BCUT2D eigenvalue weighted by atomic mass is 32.2. The Morgan fingerprint density at radius 2 is 1.06 bits per heavy atom. The zero-order chi connectivity index (χ0) is 92.5. The Morgan fingerprint density at radius 1 is 0.535 bits per heavy atom. The summed E-state index contributed by atoms with van der Waals surface area (Å²) >= 11 is 0.836. The fourth-order valence-corrected chi connectivity index (χ4v) is 16.9. The summed E-state index contributed by atoms with van der Waals surface area (Å²) in [6, 6.07) is 20.8. The van der Waals surface area contributed by atoms with Crippen LogP contribution in [0.2, 0.25) is 0 Å². The number of nitrogens with zero attached hydrogens (tertiary/aromatic N) is 6. The number of phenols is 1. The number of phenolic OH excluding ortho intramolecular Hbond substituents is 1. The number of H-pyrrole nitrogens is 1. The average molecular weight is 1770 g/mol. The molecule has 0 bridgehead atoms. The first-order chi connectivity index (χ1) is 60.5. The van der Waals surface area contributed by atoms with Crippen molar-refractivity contribution in [3.63, 3.8) is 0 Å². The summed E-state index contributed by atoms with van der Waals surface area (Å²) in [5.41, 5.74) is 8.80. The fourth-order valence-electron chi connectivity index (χ4n) is 16.0. The van der Waals surface area contributed by atoms with Crippen LogP contribution in [0.25, 0.3) is 10.9 Å². The average Bonchev–Trinajstić information content (AvgIpc) is 1.58. The number of hydrogen-bond acceptors (Lipinski definition) is 19. The standard InChI is InChI=1S/C91H118N16O19S/c1-10-11-32-71-87(122)102(6)50-76(111)95-67(46-78(113)114)84(119)101-79(54(4)5)91(126)105(9)73(43-57-28-19-14-20-29-57)89(124)107-49-61(109)45-74(107)90(125)106-38-23-33-70(106)85(120)99-66(44-59-47-93-63-31-22-21-30-62(59)63)83(118)98-65(40-58-34-36-60(108)37-35-58)82(117)97-64(39-53(2)3)81(116)100-69(80(115)94-48-75(92)110)51-127-52-77(112)96-68(41-55-24-15-12-16-25-55)86(121)104(8)72(88(123)103(71)7)42-56-26-17-13-18-27-56/h12-22,24-31,34-37,47,53-54,61,64-74,79,93,108-109H,10-11,23,32-33,38-46,48-52H2,1-9H3,(H2,92,110)(H,94,115)(H,95,111)(H,96,112)(H,97,117)(H,98,118)(H,99,120)(H,100,116)(H,101,119)(H,113,114)/t61-,64+,65+,66+,67?,68+,69+,70-,71+,72+,73+,74+,79+/m1/s1. The minimum absolute atomic E-state index is 0.0355. The molecule has 35 nitrogen and oxygen atoms in total. The number of hydrogen-bond donors (Lipinski definition) is 13. The summed E-state index contributed by atoms with van der Waals surface area (Å²) in [5, 5.41) is 54.2. The van der Waals surface area contributed by atoms with Crippen LogP contribution in [0, 0.1) is 11.8 Å². The zero-order valence-electron chi connectivity index (χ0n) is 73.0. The number of likely N-dealkylation sites (N-methyl/N-ethyl adjacent to an activating group) is 4. The number of aromatic hydroxyl groups is 1. The van der Waals surface area contributed by atoms with Crippen LogP contribution in [0.15, 0.2) is 146 Å². The van der Waals surface area contributed by atoms with Gasteiger partial charge >= 0.3 is 5.97 Å². The molecule has 1 unspecified atom stereocenters. The number of primary amides is 1. The van der Waals surface area contributed by atoms with Crippen molar-refractivity contribution in [3.05, 3.63) is 174 Å². The number of carbonyl (C=O) groups excluding carboxylic acids is 15. The number of fused-ring (bicyclic) bond motifs is 3. The Labute approximate surface area is 741 Å². The number of carboxylic acids is 1. The van der Waals surface area contributed by atoms with Gasteiger partial charge in [0.1, 0.15) is 78.3 Å². The van der Waals surface area contributed by atoms with Gasteiger partial charge in [0.2, 0.25) is 88.6 Å². The summed E-state index contributed by atoms with van der Waals surface area (Å²) in [6.07, 6.45) is -0.811. The third-order valence-corrected chi connectivity index (χ3v) is 24.0. The van der Waals surface area contributed by atoms with E-state index in [1.807, 2.05) is 6.92 Å². The molecule has 127 heavy (non-hydrogen) atoms. The van der Waals surface area contributed by atoms with Gasteiger partial charge < -0.3 is 98.0 Å². The van der Waals surface area contributed by atoms with Gasteiger partial charge in [-0.25, -0.2) is 0 Å². The number of aromatic amines is 1. The molecule has 3 saturated heterocycles. The number of thioether (sulfide) groups is 1. The number of aliphatic hydroxyl groups is 1. The van der Waals surface area contributed by atoms with Crippen molar-refractivity contribution in [2.75, 3.05) is 65.9 Å². The van der Waals surface area contributed by atoms with Crippen molar-refractivity contribution in [1.82, 2.24) is 76.9 Å². The van der Waals surface area contributed by atoms with E-state index in [2.05, 4.69) is 47.5 Å². The first-order valence-corrected chi connectivity index (χ1v) is 43.9. The lowest BCUT2D eigenvalue weighted by atomic mass is 9.98. The lowest BCUT2D eigenvalue weighted by Crippen LogP contribution is -2.61. The van der Waals surface area contributed by atoms with Gasteiger partial charge in [-0.15, -0.1) is 11.8 Å². The van der Waals surface area contributed by atoms with Crippen LogP contribution in [-0.2, 0) is 109 Å². The predicted molar refractivity (Wildman–Crippen MR) is 472 cm³/mol. The van der Waals surface area contributed by atoms with Gasteiger partial charge in [-0.3, -0.25) is 76.7 Å². The van der Waals surface area contributed by atoms with E-state index in [-0.39, 0.29) is 88.2 Å². The normalized spacial score (nSPS) is 24.2. The molecular formula is C91H118N16O19S. The number of nitrogens with one attached hydrogen (secondary N) is 9. The summed E-state index contributed by atoms with van der Waals surface area (Å²) in [7, 11) is 5.31. The fraction of sp³-hybridized carbons (Fsp3) is 0.473. The Bertz CT molecular complexity index is 4890. The topological polar surface area (TPSA) is 491 Å². The third kappa shape index (κ3) is 27.4. The number of amides is 15. The van der Waals surface area contributed by atoms with E-state index in [1.54, 1.807) is 149 Å². The number of carboxylic acid groups (broad SMARTS) is 1. The highest BCUT2D eigenvalue weighted by Crippen LogP contribution is 2.30. The SMILES string of the molecule is CCCC[C@H]1C(=O)N(C)CC(=O)NC(CC(=O)O)C(=O)N[C@@H](C(C)C)C(=O)N(C)[C@@H](Cc2ccccc2)C(=O)N2C[C@H](O)C[C@H]2C(=O)N2CCC[C@@H]2C(=O)N[C@@H](Cc2c[nH]c3ccccc23)C(=O)N[C@@H](Cc2ccc(O)cc2)C(=O)N[C@@H](CC(C)C)C(=O)N[C@H](C(=O)NCC(N)=O)CSCC(=O)N[C@@H](Cc2ccccc2)C(=O)N(C)[C@@H](Cc2ccccc2)C(=O)N1C. The smallest absolute Gasteiger partial charge is 0.305 e. The largest absolute Gasteiger partial charge is 0.508 e. The molecule has 0 saturated carbocycles. The molecule has 9 rings (SSSR count). The summed E-state index contributed by atoms with van der Waals surface area (Å²) in [5.74, 6) is -16.8. The molecule has 3 fully saturated rings. The molecule has 15 amide bonds. The quantitative estimate of drug-likeness (QED) is 0.0484. The molecule has 36 heteroatoms. The molecule has 0 spiro atoms. The first-order valence-electron chi connectivity index (χ1n) is 42.8. The van der Waals surface area contributed by atoms with Crippen LogP contribution in [0.3, 0.4) is 0 Å².